The molecule has 0 aliphatic carbocycles. The number of aromatic carboxylic acids is 1. The highest BCUT2D eigenvalue weighted by atomic mass is 32.2. The van der Waals surface area contributed by atoms with Crippen LogP contribution in [0.15, 0.2) is 48.5 Å². The second-order valence-corrected chi connectivity index (χ2v) is 7.85. The first-order valence-corrected chi connectivity index (χ1v) is 10.2. The number of carbonyl (C=O) groups is 2. The van der Waals surface area contributed by atoms with Gasteiger partial charge in [-0.2, -0.15) is 0 Å². The highest BCUT2D eigenvalue weighted by Crippen LogP contribution is 2.13. The summed E-state index contributed by atoms with van der Waals surface area (Å²) in [5.74, 6) is -1.28. The van der Waals surface area contributed by atoms with E-state index < -0.39 is 16.0 Å². The van der Waals surface area contributed by atoms with Crippen molar-refractivity contribution in [1.29, 1.82) is 0 Å². The summed E-state index contributed by atoms with van der Waals surface area (Å²) in [6.07, 6.45) is 1.05. The maximum absolute atomic E-state index is 12.3. The van der Waals surface area contributed by atoms with Gasteiger partial charge in [-0.25, -0.2) is 13.2 Å². The van der Waals surface area contributed by atoms with Gasteiger partial charge < -0.3 is 10.4 Å². The van der Waals surface area contributed by atoms with Crippen LogP contribution < -0.4 is 10.0 Å². The molecular weight excluding hydrogens is 368 g/mol. The molecule has 0 unspecified atom stereocenters. The monoisotopic (exact) mass is 390 g/mol. The molecule has 2 rings (SSSR count). The molecule has 0 heterocycles. The Bertz CT molecular complexity index is 908. The number of sulfonamides is 1. The van der Waals surface area contributed by atoms with Gasteiger partial charge in [0.2, 0.25) is 10.0 Å². The van der Waals surface area contributed by atoms with Gasteiger partial charge in [0.15, 0.2) is 0 Å². The number of carboxylic acids is 1. The predicted octanol–water partition coefficient (Wildman–Crippen LogP) is 2.51. The van der Waals surface area contributed by atoms with Crippen LogP contribution in [0, 0.1) is 0 Å². The van der Waals surface area contributed by atoms with Gasteiger partial charge in [0.05, 0.1) is 11.3 Å². The summed E-state index contributed by atoms with van der Waals surface area (Å²) in [4.78, 5) is 23.1. The summed E-state index contributed by atoms with van der Waals surface area (Å²) < 4.78 is 26.1. The van der Waals surface area contributed by atoms with Gasteiger partial charge in [-0.05, 0) is 48.7 Å². The molecule has 2 aromatic rings. The number of carboxylic acid groups (broad SMARTS) is 1. The van der Waals surface area contributed by atoms with Crippen molar-refractivity contribution >= 4 is 27.6 Å². The smallest absolute Gasteiger partial charge is 0.335 e. The Hall–Kier alpha value is -2.87. The van der Waals surface area contributed by atoms with E-state index in [-0.39, 0.29) is 17.2 Å². The maximum Gasteiger partial charge on any atom is 0.335 e. The molecule has 27 heavy (non-hydrogen) atoms. The summed E-state index contributed by atoms with van der Waals surface area (Å²) in [5.41, 5.74) is 1.82. The normalized spacial score (nSPS) is 11.0. The number of nitrogens with one attached hydrogen (secondary N) is 2. The van der Waals surface area contributed by atoms with Crippen molar-refractivity contribution in [2.75, 3.05) is 17.0 Å². The summed E-state index contributed by atoms with van der Waals surface area (Å²) in [6.45, 7) is 2.15. The zero-order valence-corrected chi connectivity index (χ0v) is 15.8. The quantitative estimate of drug-likeness (QED) is 0.609. The van der Waals surface area contributed by atoms with E-state index in [9.17, 15) is 18.0 Å². The maximum atomic E-state index is 12.3. The number of carbonyl (C=O) groups excluding carboxylic acids is 1. The molecule has 7 nitrogen and oxygen atoms in total. The van der Waals surface area contributed by atoms with Gasteiger partial charge in [-0.3, -0.25) is 9.52 Å². The molecule has 3 N–H and O–H groups in total. The van der Waals surface area contributed by atoms with Crippen LogP contribution in [0.2, 0.25) is 0 Å². The number of hydrogen-bond acceptors (Lipinski definition) is 4. The molecule has 0 radical (unpaired) electrons. The SMILES string of the molecule is CCCS(=O)(=O)Nc1cccc(C(=O)NCCc2ccc(C(=O)O)cc2)c1. The van der Waals surface area contributed by atoms with Crippen LogP contribution in [-0.2, 0) is 16.4 Å². The first-order valence-electron chi connectivity index (χ1n) is 8.51. The van der Waals surface area contributed by atoms with Crippen LogP contribution in [0.1, 0.15) is 39.6 Å². The molecule has 0 atom stereocenters. The molecule has 0 fully saturated rings. The van der Waals surface area contributed by atoms with E-state index in [0.717, 1.165) is 5.56 Å². The van der Waals surface area contributed by atoms with Crippen molar-refractivity contribution in [3.63, 3.8) is 0 Å². The minimum absolute atomic E-state index is 0.0179. The minimum Gasteiger partial charge on any atom is -0.478 e. The van der Waals surface area contributed by atoms with E-state index in [1.807, 2.05) is 0 Å². The Labute approximate surface area is 158 Å². The lowest BCUT2D eigenvalue weighted by Gasteiger charge is -2.09. The third-order valence-electron chi connectivity index (χ3n) is 3.77. The van der Waals surface area contributed by atoms with Gasteiger partial charge >= 0.3 is 5.97 Å². The van der Waals surface area contributed by atoms with Crippen LogP contribution in [0.4, 0.5) is 5.69 Å². The molecular formula is C19H22N2O5S. The highest BCUT2D eigenvalue weighted by Gasteiger charge is 2.11. The van der Waals surface area contributed by atoms with E-state index in [1.165, 1.54) is 18.2 Å². The molecule has 1 amide bonds. The standard InChI is InChI=1S/C19H22N2O5S/c1-2-12-27(25,26)21-17-5-3-4-16(13-17)18(22)20-11-10-14-6-8-15(9-7-14)19(23)24/h3-9,13,21H,2,10-12H2,1H3,(H,20,22)(H,23,24). The topological polar surface area (TPSA) is 113 Å². The van der Waals surface area contributed by atoms with Crippen molar-refractivity contribution in [3.05, 3.63) is 65.2 Å². The van der Waals surface area contributed by atoms with Gasteiger partial charge in [-0.1, -0.05) is 25.1 Å². The average molecular weight is 390 g/mol. The lowest BCUT2D eigenvalue weighted by molar-refractivity contribution is 0.0696. The summed E-state index contributed by atoms with van der Waals surface area (Å²) in [5, 5.41) is 11.6. The van der Waals surface area contributed by atoms with Crippen LogP contribution in [0.5, 0.6) is 0 Å². The number of amides is 1. The zero-order chi connectivity index (χ0) is 19.9. The molecule has 0 aromatic heterocycles. The van der Waals surface area contributed by atoms with E-state index in [2.05, 4.69) is 10.0 Å². The first kappa shape index (κ1) is 20.4. The van der Waals surface area contributed by atoms with Crippen LogP contribution >= 0.6 is 0 Å². The molecule has 0 aliphatic rings. The van der Waals surface area contributed by atoms with Crippen molar-refractivity contribution in [2.24, 2.45) is 0 Å². The molecule has 2 aromatic carbocycles. The van der Waals surface area contributed by atoms with Gasteiger partial charge in [0.1, 0.15) is 0 Å². The average Bonchev–Trinajstić information content (AvgIpc) is 2.61. The Morgan fingerprint density at radius 1 is 1.04 bits per heavy atom. The number of benzene rings is 2. The Balaban J connectivity index is 1.92. The van der Waals surface area contributed by atoms with Crippen LogP contribution in [0.25, 0.3) is 0 Å². The number of rotatable bonds is 9. The Kier molecular flexibility index (Phi) is 6.95. The van der Waals surface area contributed by atoms with Gasteiger partial charge in [0, 0.05) is 17.8 Å². The van der Waals surface area contributed by atoms with Gasteiger partial charge in [-0.15, -0.1) is 0 Å². The molecule has 0 saturated carbocycles. The fourth-order valence-corrected chi connectivity index (χ4v) is 3.59. The number of anilines is 1. The molecule has 8 heteroatoms. The van der Waals surface area contributed by atoms with E-state index in [0.29, 0.717) is 30.6 Å². The molecule has 0 saturated heterocycles. The summed E-state index contributed by atoms with van der Waals surface area (Å²) in [6, 6.07) is 12.8. The lowest BCUT2D eigenvalue weighted by atomic mass is 10.1. The second kappa shape index (κ2) is 9.18. The van der Waals surface area contributed by atoms with Gasteiger partial charge in [0.25, 0.3) is 5.91 Å². The van der Waals surface area contributed by atoms with Crippen molar-refractivity contribution in [2.45, 2.75) is 19.8 Å². The lowest BCUT2D eigenvalue weighted by Crippen LogP contribution is -2.26. The summed E-state index contributed by atoms with van der Waals surface area (Å²) >= 11 is 0. The van der Waals surface area contributed by atoms with Crippen molar-refractivity contribution < 1.29 is 23.1 Å². The second-order valence-electron chi connectivity index (χ2n) is 6.01. The predicted molar refractivity (Wildman–Crippen MR) is 104 cm³/mol. The third-order valence-corrected chi connectivity index (χ3v) is 5.26. The first-order chi connectivity index (χ1) is 12.8. The molecule has 0 spiro atoms. The zero-order valence-electron chi connectivity index (χ0n) is 14.9. The largest absolute Gasteiger partial charge is 0.478 e. The summed E-state index contributed by atoms with van der Waals surface area (Å²) in [7, 11) is -3.41. The molecule has 144 valence electrons. The fraction of sp³-hybridized carbons (Fsp3) is 0.263. The minimum atomic E-state index is -3.41. The highest BCUT2D eigenvalue weighted by molar-refractivity contribution is 7.92. The van der Waals surface area contributed by atoms with E-state index in [1.54, 1.807) is 37.3 Å². The molecule has 0 bridgehead atoms. The molecule has 0 aliphatic heterocycles. The third kappa shape index (κ3) is 6.41. The Morgan fingerprint density at radius 2 is 1.74 bits per heavy atom. The van der Waals surface area contributed by atoms with Crippen molar-refractivity contribution in [3.8, 4) is 0 Å². The number of hydrogen-bond donors (Lipinski definition) is 3. The van der Waals surface area contributed by atoms with Crippen LogP contribution in [0.3, 0.4) is 0 Å². The van der Waals surface area contributed by atoms with Crippen LogP contribution in [-0.4, -0.2) is 37.7 Å². The fourth-order valence-electron chi connectivity index (χ4n) is 2.46. The van der Waals surface area contributed by atoms with E-state index in [4.69, 9.17) is 5.11 Å². The van der Waals surface area contributed by atoms with Crippen molar-refractivity contribution in [1.82, 2.24) is 5.32 Å². The van der Waals surface area contributed by atoms with E-state index >= 15 is 0 Å². The Morgan fingerprint density at radius 3 is 2.37 bits per heavy atom.